The molecule has 0 saturated heterocycles. The Morgan fingerprint density at radius 2 is 2.00 bits per heavy atom. The van der Waals surface area contributed by atoms with E-state index in [4.69, 9.17) is 14.2 Å². The maximum absolute atomic E-state index is 5.51. The maximum Gasteiger partial charge on any atom is 0.231 e. The summed E-state index contributed by atoms with van der Waals surface area (Å²) >= 11 is 0. The molecule has 0 N–H and O–H groups in total. The fraction of sp³-hybridized carbons (Fsp3) is 0.333. The van der Waals surface area contributed by atoms with Crippen LogP contribution in [0.1, 0.15) is 12.7 Å². The van der Waals surface area contributed by atoms with Gasteiger partial charge in [0.2, 0.25) is 12.7 Å². The zero-order valence-electron chi connectivity index (χ0n) is 9.69. The van der Waals surface area contributed by atoms with E-state index in [1.54, 1.807) is 0 Å². The lowest BCUT2D eigenvalue weighted by atomic mass is 10.2. The molecule has 17 heavy (non-hydrogen) atoms. The summed E-state index contributed by atoms with van der Waals surface area (Å²) in [6.45, 7) is 4.59. The summed E-state index contributed by atoms with van der Waals surface area (Å²) in [5.41, 5.74) is 0.810. The summed E-state index contributed by atoms with van der Waals surface area (Å²) in [5.74, 6) is 2.71. The van der Waals surface area contributed by atoms with Gasteiger partial charge in [-0.2, -0.15) is 4.98 Å². The van der Waals surface area contributed by atoms with Crippen LogP contribution >= 0.6 is 0 Å². The Morgan fingerprint density at radius 3 is 2.76 bits per heavy atom. The first-order valence-electron chi connectivity index (χ1n) is 5.48. The molecule has 1 aromatic carbocycles. The number of hydrogen-bond donors (Lipinski definition) is 0. The Kier molecular flexibility index (Phi) is 2.24. The Morgan fingerprint density at radius 1 is 1.24 bits per heavy atom. The lowest BCUT2D eigenvalue weighted by Gasteiger charge is -2.07. The minimum absolute atomic E-state index is 0.252. The number of aromatic nitrogens is 2. The molecule has 0 atom stereocenters. The van der Waals surface area contributed by atoms with Crippen molar-refractivity contribution >= 4 is 10.9 Å². The lowest BCUT2D eigenvalue weighted by Crippen LogP contribution is -1.99. The Bertz CT molecular complexity index is 583. The molecule has 0 aliphatic carbocycles. The van der Waals surface area contributed by atoms with Crippen LogP contribution in [0.5, 0.6) is 17.4 Å². The average Bonchev–Trinajstić information content (AvgIpc) is 2.73. The van der Waals surface area contributed by atoms with Gasteiger partial charge in [0.05, 0.1) is 17.5 Å². The van der Waals surface area contributed by atoms with Crippen LogP contribution in [0.3, 0.4) is 0 Å². The molecule has 88 valence electrons. The molecule has 0 bridgehead atoms. The Hall–Kier alpha value is -2.04. The van der Waals surface area contributed by atoms with Crippen molar-refractivity contribution in [2.45, 2.75) is 13.8 Å². The van der Waals surface area contributed by atoms with E-state index in [1.165, 1.54) is 0 Å². The minimum atomic E-state index is 0.252. The molecule has 5 nitrogen and oxygen atoms in total. The fourth-order valence-electron chi connectivity index (χ4n) is 1.85. The molecule has 3 rings (SSSR count). The third kappa shape index (κ3) is 1.63. The first-order chi connectivity index (χ1) is 8.28. The molecule has 2 aromatic rings. The highest BCUT2D eigenvalue weighted by Gasteiger charge is 2.17. The number of rotatable bonds is 2. The molecular formula is C12H12N2O3. The van der Waals surface area contributed by atoms with Gasteiger partial charge in [0, 0.05) is 6.07 Å². The smallest absolute Gasteiger partial charge is 0.231 e. The Balaban J connectivity index is 2.26. The molecule has 0 amide bonds. The number of fused-ring (bicyclic) bond motifs is 2. The molecule has 5 heteroatoms. The molecule has 0 unspecified atom stereocenters. The first kappa shape index (κ1) is 10.1. The van der Waals surface area contributed by atoms with Crippen molar-refractivity contribution in [2.75, 3.05) is 13.4 Å². The van der Waals surface area contributed by atoms with Crippen molar-refractivity contribution < 1.29 is 14.2 Å². The second-order valence-electron chi connectivity index (χ2n) is 3.73. The third-order valence-electron chi connectivity index (χ3n) is 2.55. The predicted octanol–water partition coefficient (Wildman–Crippen LogP) is 2.07. The van der Waals surface area contributed by atoms with E-state index < -0.39 is 0 Å². The summed E-state index contributed by atoms with van der Waals surface area (Å²) in [4.78, 5) is 8.66. The summed E-state index contributed by atoms with van der Waals surface area (Å²) in [5, 5.41) is 0.849. The van der Waals surface area contributed by atoms with Gasteiger partial charge in [-0.05, 0) is 19.9 Å². The number of benzene rings is 1. The topological polar surface area (TPSA) is 53.5 Å². The molecule has 0 saturated carbocycles. The van der Waals surface area contributed by atoms with Crippen molar-refractivity contribution in [1.82, 2.24) is 9.97 Å². The predicted molar refractivity (Wildman–Crippen MR) is 61.6 cm³/mol. The molecule has 0 fully saturated rings. The second kappa shape index (κ2) is 3.76. The van der Waals surface area contributed by atoms with Crippen molar-refractivity contribution in [3.05, 3.63) is 18.0 Å². The summed E-state index contributed by atoms with van der Waals surface area (Å²) in [6, 6.07) is 3.72. The van der Waals surface area contributed by atoms with Gasteiger partial charge in [0.1, 0.15) is 5.82 Å². The van der Waals surface area contributed by atoms with E-state index in [0.29, 0.717) is 24.1 Å². The van der Waals surface area contributed by atoms with Gasteiger partial charge in [0.25, 0.3) is 0 Å². The van der Waals surface area contributed by atoms with Crippen LogP contribution < -0.4 is 14.2 Å². The van der Waals surface area contributed by atoms with E-state index in [-0.39, 0.29) is 6.79 Å². The average molecular weight is 232 g/mol. The first-order valence-corrected chi connectivity index (χ1v) is 5.48. The van der Waals surface area contributed by atoms with Crippen LogP contribution in [-0.2, 0) is 0 Å². The summed E-state index contributed by atoms with van der Waals surface area (Å²) in [6.07, 6.45) is 0. The highest BCUT2D eigenvalue weighted by Crippen LogP contribution is 2.37. The number of hydrogen-bond acceptors (Lipinski definition) is 5. The normalized spacial score (nSPS) is 13.1. The van der Waals surface area contributed by atoms with E-state index in [2.05, 4.69) is 9.97 Å². The molecule has 2 heterocycles. The zero-order valence-corrected chi connectivity index (χ0v) is 9.69. The van der Waals surface area contributed by atoms with Crippen LogP contribution in [0.4, 0.5) is 0 Å². The van der Waals surface area contributed by atoms with Crippen LogP contribution in [0, 0.1) is 6.92 Å². The molecule has 1 aromatic heterocycles. The minimum Gasteiger partial charge on any atom is -0.477 e. The van der Waals surface area contributed by atoms with Crippen molar-refractivity contribution in [3.63, 3.8) is 0 Å². The van der Waals surface area contributed by atoms with Gasteiger partial charge in [-0.1, -0.05) is 0 Å². The van der Waals surface area contributed by atoms with Gasteiger partial charge < -0.3 is 14.2 Å². The maximum atomic E-state index is 5.51. The van der Waals surface area contributed by atoms with E-state index in [9.17, 15) is 0 Å². The van der Waals surface area contributed by atoms with E-state index in [0.717, 1.165) is 16.7 Å². The number of aryl methyl sites for hydroxylation is 1. The van der Waals surface area contributed by atoms with E-state index in [1.807, 2.05) is 26.0 Å². The van der Waals surface area contributed by atoms with Crippen molar-refractivity contribution in [3.8, 4) is 17.4 Å². The van der Waals surface area contributed by atoms with E-state index >= 15 is 0 Å². The second-order valence-corrected chi connectivity index (χ2v) is 3.73. The van der Waals surface area contributed by atoms with Crippen LogP contribution in [0.25, 0.3) is 10.9 Å². The molecule has 1 aliphatic heterocycles. The number of ether oxygens (including phenoxy) is 3. The van der Waals surface area contributed by atoms with Gasteiger partial charge in [-0.15, -0.1) is 0 Å². The zero-order chi connectivity index (χ0) is 11.8. The summed E-state index contributed by atoms with van der Waals surface area (Å²) in [7, 11) is 0. The number of nitrogens with zero attached hydrogens (tertiary/aromatic N) is 2. The molecular weight excluding hydrogens is 220 g/mol. The Labute approximate surface area is 98.3 Å². The molecule has 0 radical (unpaired) electrons. The third-order valence-corrected chi connectivity index (χ3v) is 2.55. The highest BCUT2D eigenvalue weighted by molar-refractivity contribution is 5.87. The van der Waals surface area contributed by atoms with Crippen LogP contribution in [-0.4, -0.2) is 23.4 Å². The van der Waals surface area contributed by atoms with Crippen LogP contribution in [0.15, 0.2) is 12.1 Å². The lowest BCUT2D eigenvalue weighted by molar-refractivity contribution is 0.174. The van der Waals surface area contributed by atoms with Gasteiger partial charge >= 0.3 is 0 Å². The SMILES string of the molecule is CCOc1nc(C)nc2cc3c(cc12)OCO3. The van der Waals surface area contributed by atoms with Crippen molar-refractivity contribution in [2.24, 2.45) is 0 Å². The largest absolute Gasteiger partial charge is 0.477 e. The summed E-state index contributed by atoms with van der Waals surface area (Å²) < 4.78 is 16.2. The molecule has 0 spiro atoms. The standard InChI is InChI=1S/C12H12N2O3/c1-3-15-12-8-4-10-11(17-6-16-10)5-9(8)13-7(2)14-12/h4-5H,3,6H2,1-2H3. The van der Waals surface area contributed by atoms with Gasteiger partial charge in [-0.25, -0.2) is 4.98 Å². The monoisotopic (exact) mass is 232 g/mol. The quantitative estimate of drug-likeness (QED) is 0.793. The fourth-order valence-corrected chi connectivity index (χ4v) is 1.85. The molecule has 1 aliphatic rings. The van der Waals surface area contributed by atoms with Crippen LogP contribution in [0.2, 0.25) is 0 Å². The highest BCUT2D eigenvalue weighted by atomic mass is 16.7. The van der Waals surface area contributed by atoms with Gasteiger partial charge in [0.15, 0.2) is 11.5 Å². The van der Waals surface area contributed by atoms with Crippen molar-refractivity contribution in [1.29, 1.82) is 0 Å². The van der Waals surface area contributed by atoms with Gasteiger partial charge in [-0.3, -0.25) is 0 Å².